The van der Waals surface area contributed by atoms with Gasteiger partial charge in [-0.2, -0.15) is 0 Å². The summed E-state index contributed by atoms with van der Waals surface area (Å²) < 4.78 is 0. The molecule has 0 saturated carbocycles. The minimum atomic E-state index is -0.0706. The Labute approximate surface area is 116 Å². The van der Waals surface area contributed by atoms with Crippen LogP contribution in [0, 0.1) is 0 Å². The topological polar surface area (TPSA) is 32.3 Å². The number of hydrogen-bond donors (Lipinski definition) is 1. The van der Waals surface area contributed by atoms with Gasteiger partial charge in [-0.05, 0) is 37.5 Å². The van der Waals surface area contributed by atoms with Crippen molar-refractivity contribution in [2.24, 2.45) is 0 Å². The van der Waals surface area contributed by atoms with Crippen molar-refractivity contribution in [2.45, 2.75) is 33.6 Å². The summed E-state index contributed by atoms with van der Waals surface area (Å²) in [5.74, 6) is 0.415. The van der Waals surface area contributed by atoms with Gasteiger partial charge < -0.3 is 10.2 Å². The summed E-state index contributed by atoms with van der Waals surface area (Å²) in [6, 6.07) is 7.76. The quantitative estimate of drug-likeness (QED) is 0.850. The van der Waals surface area contributed by atoms with Crippen LogP contribution in [0.25, 0.3) is 0 Å². The summed E-state index contributed by atoms with van der Waals surface area (Å²) in [5, 5.41) is 2.79. The van der Waals surface area contributed by atoms with Gasteiger partial charge in [-0.25, -0.2) is 0 Å². The van der Waals surface area contributed by atoms with Crippen molar-refractivity contribution in [2.75, 3.05) is 13.1 Å². The van der Waals surface area contributed by atoms with E-state index in [0.29, 0.717) is 11.5 Å². The molecule has 0 saturated heterocycles. The minimum absolute atomic E-state index is 0.0706. The van der Waals surface area contributed by atoms with Gasteiger partial charge in [0.05, 0.1) is 0 Å². The van der Waals surface area contributed by atoms with Gasteiger partial charge in [0.25, 0.3) is 5.91 Å². The number of carbonyl (C=O) groups is 1. The van der Waals surface area contributed by atoms with E-state index in [1.807, 2.05) is 30.5 Å². The van der Waals surface area contributed by atoms with Crippen molar-refractivity contribution < 1.29 is 4.79 Å². The van der Waals surface area contributed by atoms with Crippen molar-refractivity contribution in [3.8, 4) is 0 Å². The number of amides is 1. The molecule has 1 aromatic carbocycles. The predicted molar refractivity (Wildman–Crippen MR) is 80.1 cm³/mol. The average Bonchev–Trinajstić information content (AvgIpc) is 2.43. The van der Waals surface area contributed by atoms with Crippen LogP contribution in [0.1, 0.15) is 49.5 Å². The predicted octanol–water partition coefficient (Wildman–Crippen LogP) is 3.35. The fourth-order valence-corrected chi connectivity index (χ4v) is 1.76. The van der Waals surface area contributed by atoms with Gasteiger partial charge in [0.2, 0.25) is 0 Å². The van der Waals surface area contributed by atoms with Crippen LogP contribution in [-0.2, 0) is 0 Å². The van der Waals surface area contributed by atoms with Crippen molar-refractivity contribution in [3.05, 3.63) is 47.8 Å². The van der Waals surface area contributed by atoms with Crippen LogP contribution in [0.2, 0.25) is 0 Å². The maximum atomic E-state index is 11.9. The summed E-state index contributed by atoms with van der Waals surface area (Å²) >= 11 is 0. The third-order valence-corrected chi connectivity index (χ3v) is 3.15. The molecule has 19 heavy (non-hydrogen) atoms. The summed E-state index contributed by atoms with van der Waals surface area (Å²) in [7, 11) is 0. The third kappa shape index (κ3) is 4.78. The molecular formula is C16H24N2O. The zero-order chi connectivity index (χ0) is 14.3. The Kier molecular flexibility index (Phi) is 6.13. The summed E-state index contributed by atoms with van der Waals surface area (Å²) in [4.78, 5) is 14.0. The average molecular weight is 260 g/mol. The number of hydrogen-bond acceptors (Lipinski definition) is 2. The molecule has 0 aromatic heterocycles. The Balaban J connectivity index is 2.58. The highest BCUT2D eigenvalue weighted by Crippen LogP contribution is 2.14. The molecule has 0 unspecified atom stereocenters. The van der Waals surface area contributed by atoms with Crippen LogP contribution in [0.5, 0.6) is 0 Å². The van der Waals surface area contributed by atoms with Gasteiger partial charge in [-0.15, -0.1) is 0 Å². The molecule has 0 radical (unpaired) electrons. The minimum Gasteiger partial charge on any atom is -0.377 e. The molecule has 0 atom stereocenters. The first-order valence-corrected chi connectivity index (χ1v) is 6.90. The second kappa shape index (κ2) is 7.62. The van der Waals surface area contributed by atoms with Crippen molar-refractivity contribution in [1.82, 2.24) is 10.2 Å². The second-order valence-corrected chi connectivity index (χ2v) is 4.79. The number of rotatable bonds is 6. The zero-order valence-corrected chi connectivity index (χ0v) is 12.3. The Morgan fingerprint density at radius 1 is 1.21 bits per heavy atom. The molecule has 0 aliphatic rings. The molecule has 3 nitrogen and oxygen atoms in total. The molecule has 0 heterocycles. The van der Waals surface area contributed by atoms with Crippen molar-refractivity contribution in [1.29, 1.82) is 0 Å². The molecule has 1 rings (SSSR count). The van der Waals surface area contributed by atoms with Gasteiger partial charge in [0, 0.05) is 31.1 Å². The molecule has 3 heteroatoms. The Hall–Kier alpha value is -1.77. The van der Waals surface area contributed by atoms with Gasteiger partial charge in [0.1, 0.15) is 0 Å². The smallest absolute Gasteiger partial charge is 0.255 e. The normalized spacial score (nSPS) is 11.0. The lowest BCUT2D eigenvalue weighted by Crippen LogP contribution is -2.20. The summed E-state index contributed by atoms with van der Waals surface area (Å²) in [6.45, 7) is 10.3. The van der Waals surface area contributed by atoms with E-state index in [1.54, 1.807) is 6.20 Å². The first-order valence-electron chi connectivity index (χ1n) is 6.90. The second-order valence-electron chi connectivity index (χ2n) is 4.79. The maximum absolute atomic E-state index is 11.9. The van der Waals surface area contributed by atoms with Gasteiger partial charge in [-0.1, -0.05) is 26.0 Å². The number of nitrogens with one attached hydrogen (secondary N) is 1. The number of carbonyl (C=O) groups excluding carboxylic acids is 1. The van der Waals surface area contributed by atoms with E-state index in [2.05, 4.69) is 37.9 Å². The van der Waals surface area contributed by atoms with Crippen LogP contribution >= 0.6 is 0 Å². The van der Waals surface area contributed by atoms with Crippen molar-refractivity contribution >= 4 is 5.91 Å². The Bertz CT molecular complexity index is 417. The van der Waals surface area contributed by atoms with E-state index in [9.17, 15) is 4.79 Å². The van der Waals surface area contributed by atoms with E-state index >= 15 is 0 Å². The number of benzene rings is 1. The molecule has 0 fully saturated rings. The molecule has 0 aliphatic carbocycles. The third-order valence-electron chi connectivity index (χ3n) is 3.15. The zero-order valence-electron chi connectivity index (χ0n) is 12.3. The Morgan fingerprint density at radius 2 is 1.79 bits per heavy atom. The molecule has 1 aromatic rings. The van der Waals surface area contributed by atoms with E-state index in [4.69, 9.17) is 0 Å². The highest BCUT2D eigenvalue weighted by atomic mass is 16.1. The lowest BCUT2D eigenvalue weighted by atomic mass is 10.0. The molecule has 1 N–H and O–H groups in total. The van der Waals surface area contributed by atoms with E-state index in [0.717, 1.165) is 13.1 Å². The van der Waals surface area contributed by atoms with Crippen LogP contribution < -0.4 is 5.32 Å². The standard InChI is InChI=1S/C16H24N2O/c1-5-18(6-2)12-11-17-16(19)15-9-7-14(8-10-15)13(3)4/h7-13H,5-6H2,1-4H3,(H,17,19)/b12-11+. The first kappa shape index (κ1) is 15.3. The fourth-order valence-electron chi connectivity index (χ4n) is 1.76. The Morgan fingerprint density at radius 3 is 2.26 bits per heavy atom. The maximum Gasteiger partial charge on any atom is 0.255 e. The molecule has 104 valence electrons. The van der Waals surface area contributed by atoms with Gasteiger partial charge >= 0.3 is 0 Å². The van der Waals surface area contributed by atoms with Crippen LogP contribution in [0.15, 0.2) is 36.7 Å². The monoisotopic (exact) mass is 260 g/mol. The summed E-state index contributed by atoms with van der Waals surface area (Å²) in [6.07, 6.45) is 3.60. The van der Waals surface area contributed by atoms with Crippen LogP contribution in [0.4, 0.5) is 0 Å². The van der Waals surface area contributed by atoms with E-state index in [-0.39, 0.29) is 5.91 Å². The van der Waals surface area contributed by atoms with Crippen LogP contribution in [0.3, 0.4) is 0 Å². The van der Waals surface area contributed by atoms with Crippen LogP contribution in [-0.4, -0.2) is 23.9 Å². The highest BCUT2D eigenvalue weighted by Gasteiger charge is 2.04. The molecule has 0 aliphatic heterocycles. The molecule has 1 amide bonds. The molecule has 0 bridgehead atoms. The molecule has 0 spiro atoms. The van der Waals surface area contributed by atoms with E-state index < -0.39 is 0 Å². The highest BCUT2D eigenvalue weighted by molar-refractivity contribution is 5.94. The number of nitrogens with zero attached hydrogens (tertiary/aromatic N) is 1. The lowest BCUT2D eigenvalue weighted by molar-refractivity contribution is 0.0969. The SMILES string of the molecule is CCN(/C=C/NC(=O)c1ccc(C(C)C)cc1)CC. The van der Waals surface area contributed by atoms with Crippen molar-refractivity contribution in [3.63, 3.8) is 0 Å². The van der Waals surface area contributed by atoms with Gasteiger partial charge in [0.15, 0.2) is 0 Å². The largest absolute Gasteiger partial charge is 0.377 e. The molecular weight excluding hydrogens is 236 g/mol. The fraction of sp³-hybridized carbons (Fsp3) is 0.438. The van der Waals surface area contributed by atoms with Gasteiger partial charge in [-0.3, -0.25) is 4.79 Å². The summed E-state index contributed by atoms with van der Waals surface area (Å²) in [5.41, 5.74) is 1.93. The lowest BCUT2D eigenvalue weighted by Gasteiger charge is -2.14. The van der Waals surface area contributed by atoms with E-state index in [1.165, 1.54) is 5.56 Å². The first-order chi connectivity index (χ1) is 9.08.